The number of nitrogens with zero attached hydrogens (tertiary/aromatic N) is 2. The number of H-pyrrole nitrogens is 1. The molecule has 1 saturated carbocycles. The zero-order valence-corrected chi connectivity index (χ0v) is 17.1. The number of urea groups is 2. The molecule has 3 N–H and O–H groups in total. The van der Waals surface area contributed by atoms with Crippen LogP contribution in [0.3, 0.4) is 0 Å². The zero-order chi connectivity index (χ0) is 20.5. The van der Waals surface area contributed by atoms with Gasteiger partial charge in [-0.3, -0.25) is 0 Å². The molecule has 1 atom stereocenters. The Hall–Kier alpha value is -2.48. The SMILES string of the molecule is CNC(=O)N1CCCC(N(C(=O)NCc2cc3cc(F)c(Cl)cc3[nH]2)C2CC2)C1. The molecule has 1 aliphatic heterocycles. The number of amides is 4. The molecule has 7 nitrogen and oxygen atoms in total. The van der Waals surface area contributed by atoms with Gasteiger partial charge in [-0.15, -0.1) is 0 Å². The molecular formula is C20H25ClFN5O2. The number of likely N-dealkylation sites (tertiary alicyclic amines) is 1. The number of carbonyl (C=O) groups excluding carboxylic acids is 2. The summed E-state index contributed by atoms with van der Waals surface area (Å²) >= 11 is 5.83. The van der Waals surface area contributed by atoms with Crippen molar-refractivity contribution in [3.8, 4) is 0 Å². The van der Waals surface area contributed by atoms with E-state index in [-0.39, 0.29) is 29.2 Å². The molecule has 156 valence electrons. The maximum atomic E-state index is 13.6. The second-order valence-electron chi connectivity index (χ2n) is 7.74. The Morgan fingerprint density at radius 1 is 1.28 bits per heavy atom. The lowest BCUT2D eigenvalue weighted by Crippen LogP contribution is -2.56. The molecule has 1 unspecified atom stereocenters. The predicted molar refractivity (Wildman–Crippen MR) is 109 cm³/mol. The van der Waals surface area contributed by atoms with Crippen LogP contribution in [-0.4, -0.2) is 59.1 Å². The average molecular weight is 422 g/mol. The highest BCUT2D eigenvalue weighted by atomic mass is 35.5. The summed E-state index contributed by atoms with van der Waals surface area (Å²) in [5.74, 6) is -0.466. The Bertz CT molecular complexity index is 890. The van der Waals surface area contributed by atoms with Gasteiger partial charge in [0.25, 0.3) is 0 Å². The van der Waals surface area contributed by atoms with Crippen molar-refractivity contribution >= 4 is 34.6 Å². The van der Waals surface area contributed by atoms with E-state index in [1.807, 2.05) is 11.0 Å². The minimum absolute atomic E-state index is 0.0177. The van der Waals surface area contributed by atoms with Crippen LogP contribution in [0.15, 0.2) is 18.2 Å². The van der Waals surface area contributed by atoms with Crippen molar-refractivity contribution in [3.05, 3.63) is 34.7 Å². The maximum Gasteiger partial charge on any atom is 0.318 e. The van der Waals surface area contributed by atoms with Crippen LogP contribution in [0, 0.1) is 5.82 Å². The van der Waals surface area contributed by atoms with Gasteiger partial charge in [-0.1, -0.05) is 11.6 Å². The molecule has 2 fully saturated rings. The van der Waals surface area contributed by atoms with Gasteiger partial charge in [0.15, 0.2) is 0 Å². The first-order valence-electron chi connectivity index (χ1n) is 9.95. The van der Waals surface area contributed by atoms with E-state index < -0.39 is 5.82 Å². The fourth-order valence-electron chi connectivity index (χ4n) is 4.05. The number of fused-ring (bicyclic) bond motifs is 1. The van der Waals surface area contributed by atoms with Gasteiger partial charge in [0.1, 0.15) is 5.82 Å². The third kappa shape index (κ3) is 4.27. The second kappa shape index (κ2) is 8.10. The third-order valence-corrected chi connectivity index (χ3v) is 5.90. The molecule has 9 heteroatoms. The summed E-state index contributed by atoms with van der Waals surface area (Å²) in [6.07, 6.45) is 3.76. The molecule has 1 aromatic heterocycles. The van der Waals surface area contributed by atoms with Crippen molar-refractivity contribution in [1.29, 1.82) is 0 Å². The minimum Gasteiger partial charge on any atom is -0.357 e. The number of carbonyl (C=O) groups is 2. The van der Waals surface area contributed by atoms with E-state index in [4.69, 9.17) is 11.6 Å². The summed E-state index contributed by atoms with van der Waals surface area (Å²) in [6, 6.07) is 4.76. The molecule has 2 aliphatic rings. The van der Waals surface area contributed by atoms with Gasteiger partial charge in [0, 0.05) is 42.8 Å². The highest BCUT2D eigenvalue weighted by molar-refractivity contribution is 6.31. The number of nitrogens with one attached hydrogen (secondary N) is 3. The van der Waals surface area contributed by atoms with Gasteiger partial charge in [0.05, 0.1) is 17.6 Å². The van der Waals surface area contributed by atoms with Gasteiger partial charge in [-0.25, -0.2) is 14.0 Å². The average Bonchev–Trinajstić information content (AvgIpc) is 3.47. The van der Waals surface area contributed by atoms with Crippen LogP contribution in [0.1, 0.15) is 31.4 Å². The summed E-state index contributed by atoms with van der Waals surface area (Å²) in [6.45, 7) is 1.57. The van der Waals surface area contributed by atoms with Gasteiger partial charge in [-0.2, -0.15) is 0 Å². The van der Waals surface area contributed by atoms with Gasteiger partial charge < -0.3 is 25.4 Å². The first-order chi connectivity index (χ1) is 14.0. The number of rotatable bonds is 4. The van der Waals surface area contributed by atoms with Crippen molar-refractivity contribution in [2.24, 2.45) is 0 Å². The molecule has 1 aliphatic carbocycles. The number of benzene rings is 1. The quantitative estimate of drug-likeness (QED) is 0.706. The molecule has 0 spiro atoms. The van der Waals surface area contributed by atoms with E-state index in [0.717, 1.165) is 36.9 Å². The van der Waals surface area contributed by atoms with Crippen LogP contribution >= 0.6 is 11.6 Å². The fraction of sp³-hybridized carbons (Fsp3) is 0.500. The predicted octanol–water partition coefficient (Wildman–Crippen LogP) is 3.44. The van der Waals surface area contributed by atoms with Crippen molar-refractivity contribution in [1.82, 2.24) is 25.4 Å². The standard InChI is InChI=1S/C20H25ClFN5O2/c1-23-19(28)26-6-2-3-15(11-26)27(14-4-5-14)20(29)24-10-13-7-12-8-17(22)16(21)9-18(12)25-13/h7-9,14-15,25H,2-6,10-11H2,1H3,(H,23,28)(H,24,29). The molecule has 1 aromatic carbocycles. The molecule has 1 saturated heterocycles. The van der Waals surface area contributed by atoms with Crippen LogP contribution in [0.2, 0.25) is 5.02 Å². The summed E-state index contributed by atoms with van der Waals surface area (Å²) in [5, 5.41) is 6.41. The van der Waals surface area contributed by atoms with E-state index in [0.29, 0.717) is 25.0 Å². The molecule has 4 amide bonds. The van der Waals surface area contributed by atoms with Crippen molar-refractivity contribution in [3.63, 3.8) is 0 Å². The third-order valence-electron chi connectivity index (χ3n) is 5.61. The van der Waals surface area contributed by atoms with Crippen LogP contribution < -0.4 is 10.6 Å². The Labute approximate surface area is 173 Å². The van der Waals surface area contributed by atoms with E-state index in [9.17, 15) is 14.0 Å². The van der Waals surface area contributed by atoms with Crippen molar-refractivity contribution in [2.75, 3.05) is 20.1 Å². The molecule has 2 aromatic rings. The number of halogens is 2. The van der Waals surface area contributed by atoms with E-state index in [2.05, 4.69) is 15.6 Å². The Kier molecular flexibility index (Phi) is 5.54. The minimum atomic E-state index is -0.466. The van der Waals surface area contributed by atoms with E-state index in [1.165, 1.54) is 6.07 Å². The Morgan fingerprint density at radius 2 is 2.07 bits per heavy atom. The normalized spacial score (nSPS) is 19.3. The maximum absolute atomic E-state index is 13.6. The molecule has 29 heavy (non-hydrogen) atoms. The smallest absolute Gasteiger partial charge is 0.318 e. The largest absolute Gasteiger partial charge is 0.357 e. The number of hydrogen-bond donors (Lipinski definition) is 3. The summed E-state index contributed by atoms with van der Waals surface area (Å²) < 4.78 is 13.6. The van der Waals surface area contributed by atoms with E-state index >= 15 is 0 Å². The second-order valence-corrected chi connectivity index (χ2v) is 8.15. The van der Waals surface area contributed by atoms with Crippen molar-refractivity contribution in [2.45, 2.75) is 44.3 Å². The highest BCUT2D eigenvalue weighted by Crippen LogP contribution is 2.31. The number of aromatic amines is 1. The molecule has 2 heterocycles. The lowest BCUT2D eigenvalue weighted by molar-refractivity contribution is 0.116. The van der Waals surface area contributed by atoms with Gasteiger partial charge >= 0.3 is 12.1 Å². The zero-order valence-electron chi connectivity index (χ0n) is 16.3. The summed E-state index contributed by atoms with van der Waals surface area (Å²) in [5.41, 5.74) is 1.51. The number of piperidine rings is 1. The molecule has 4 rings (SSSR count). The first-order valence-corrected chi connectivity index (χ1v) is 10.3. The summed E-state index contributed by atoms with van der Waals surface area (Å²) in [7, 11) is 1.62. The van der Waals surface area contributed by atoms with Crippen LogP contribution in [0.5, 0.6) is 0 Å². The molecule has 0 bridgehead atoms. The van der Waals surface area contributed by atoms with Gasteiger partial charge in [0.2, 0.25) is 0 Å². The summed E-state index contributed by atoms with van der Waals surface area (Å²) in [4.78, 5) is 31.8. The van der Waals surface area contributed by atoms with Gasteiger partial charge in [-0.05, 0) is 43.9 Å². The lowest BCUT2D eigenvalue weighted by atomic mass is 10.0. The Balaban J connectivity index is 1.42. The molecule has 0 radical (unpaired) electrons. The first kappa shape index (κ1) is 19.8. The lowest BCUT2D eigenvalue weighted by Gasteiger charge is -2.39. The monoisotopic (exact) mass is 421 g/mol. The van der Waals surface area contributed by atoms with Crippen LogP contribution in [0.25, 0.3) is 10.9 Å². The van der Waals surface area contributed by atoms with Crippen molar-refractivity contribution < 1.29 is 14.0 Å². The highest BCUT2D eigenvalue weighted by Gasteiger charge is 2.39. The fourth-order valence-corrected chi connectivity index (χ4v) is 4.21. The van der Waals surface area contributed by atoms with Crippen LogP contribution in [-0.2, 0) is 6.54 Å². The molecular weight excluding hydrogens is 397 g/mol. The topological polar surface area (TPSA) is 80.5 Å². The Morgan fingerprint density at radius 3 is 2.79 bits per heavy atom. The van der Waals surface area contributed by atoms with E-state index in [1.54, 1.807) is 18.0 Å². The number of aromatic nitrogens is 1. The number of hydrogen-bond acceptors (Lipinski definition) is 2. The van der Waals surface area contributed by atoms with Crippen LogP contribution in [0.4, 0.5) is 14.0 Å².